The fraction of sp³-hybridized carbons (Fsp3) is 0.0556. The third kappa shape index (κ3) is 4.84. The van der Waals surface area contributed by atoms with Crippen LogP contribution >= 0.6 is 0 Å². The summed E-state index contributed by atoms with van der Waals surface area (Å²) in [5.74, 6) is 0. The number of aromatic nitrogens is 1. The van der Waals surface area contributed by atoms with Crippen LogP contribution in [-0.2, 0) is 0 Å². The molecule has 0 aliphatic heterocycles. The molecule has 0 aliphatic rings. The van der Waals surface area contributed by atoms with E-state index in [0.717, 1.165) is 5.69 Å². The molecule has 0 bridgehead atoms. The lowest BCUT2D eigenvalue weighted by Crippen LogP contribution is -2.29. The van der Waals surface area contributed by atoms with Gasteiger partial charge in [-0.15, -0.1) is 0 Å². The molecule has 0 unspecified atom stereocenters. The molecule has 2 N–H and O–H groups in total. The maximum absolute atomic E-state index is 8.58. The van der Waals surface area contributed by atoms with Crippen LogP contribution in [0.15, 0.2) is 79.0 Å². The summed E-state index contributed by atoms with van der Waals surface area (Å²) in [6.07, 6.45) is 1.89. The van der Waals surface area contributed by atoms with Gasteiger partial charge in [-0.3, -0.25) is 4.98 Å². The highest BCUT2D eigenvalue weighted by Gasteiger charge is 2.07. The van der Waals surface area contributed by atoms with E-state index < -0.39 is 7.12 Å². The van der Waals surface area contributed by atoms with E-state index in [9.17, 15) is 0 Å². The Morgan fingerprint density at radius 1 is 0.773 bits per heavy atom. The zero-order valence-electron chi connectivity index (χ0n) is 12.4. The van der Waals surface area contributed by atoms with Gasteiger partial charge in [0.1, 0.15) is 0 Å². The summed E-state index contributed by atoms with van der Waals surface area (Å²) in [4.78, 5) is 4.35. The predicted octanol–water partition coefficient (Wildman–Crippen LogP) is 2.42. The van der Waals surface area contributed by atoms with Gasteiger partial charge in [-0.25, -0.2) is 0 Å². The molecule has 0 saturated heterocycles. The Balaban J connectivity index is 0.000000172. The molecule has 0 fully saturated rings. The third-order valence-corrected chi connectivity index (χ3v) is 3.08. The highest BCUT2D eigenvalue weighted by atomic mass is 16.4. The molecule has 2 aromatic carbocycles. The van der Waals surface area contributed by atoms with Crippen LogP contribution in [0.2, 0.25) is 0 Å². The lowest BCUT2D eigenvalue weighted by Gasteiger charge is -1.99. The first-order chi connectivity index (χ1) is 10.7. The third-order valence-electron chi connectivity index (χ3n) is 3.08. The van der Waals surface area contributed by atoms with Crippen LogP contribution in [0.5, 0.6) is 0 Å². The summed E-state index contributed by atoms with van der Waals surface area (Å²) in [6, 6.07) is 23.0. The lowest BCUT2D eigenvalue weighted by molar-refractivity contribution is 0.426. The molecule has 0 radical (unpaired) electrons. The van der Waals surface area contributed by atoms with Crippen molar-refractivity contribution in [1.82, 2.24) is 4.98 Å². The molecule has 0 amide bonds. The second-order valence-electron chi connectivity index (χ2n) is 4.87. The van der Waals surface area contributed by atoms with E-state index >= 15 is 0 Å². The van der Waals surface area contributed by atoms with Crippen molar-refractivity contribution >= 4 is 12.6 Å². The molecule has 0 atom stereocenters. The molecule has 1 heterocycles. The van der Waals surface area contributed by atoms with E-state index in [-0.39, 0.29) is 0 Å². The molecule has 22 heavy (non-hydrogen) atoms. The van der Waals surface area contributed by atoms with Crippen molar-refractivity contribution in [2.24, 2.45) is 0 Å². The summed E-state index contributed by atoms with van der Waals surface area (Å²) in [5.41, 5.74) is 3.92. The van der Waals surface area contributed by atoms with Crippen LogP contribution in [-0.4, -0.2) is 22.2 Å². The molecule has 4 heteroatoms. The first-order valence-corrected chi connectivity index (χ1v) is 7.06. The normalized spacial score (nSPS) is 9.59. The minimum atomic E-state index is -1.34. The minimum Gasteiger partial charge on any atom is -0.423 e. The maximum Gasteiger partial charge on any atom is 0.488 e. The number of aryl methyl sites for hydroxylation is 1. The van der Waals surface area contributed by atoms with Crippen molar-refractivity contribution in [2.75, 3.05) is 0 Å². The van der Waals surface area contributed by atoms with Crippen molar-refractivity contribution in [2.45, 2.75) is 6.92 Å². The monoisotopic (exact) mass is 291 g/mol. The fourth-order valence-corrected chi connectivity index (χ4v) is 1.87. The molecule has 0 aliphatic carbocycles. The van der Waals surface area contributed by atoms with E-state index in [2.05, 4.69) is 23.2 Å². The van der Waals surface area contributed by atoms with Crippen LogP contribution in [0.25, 0.3) is 11.3 Å². The first kappa shape index (κ1) is 16.0. The molecule has 1 aromatic heterocycles. The first-order valence-electron chi connectivity index (χ1n) is 7.06. The van der Waals surface area contributed by atoms with Gasteiger partial charge in [-0.1, -0.05) is 66.7 Å². The van der Waals surface area contributed by atoms with Gasteiger partial charge in [0.2, 0.25) is 0 Å². The van der Waals surface area contributed by atoms with Crippen molar-refractivity contribution in [3.63, 3.8) is 0 Å². The van der Waals surface area contributed by atoms with Crippen molar-refractivity contribution in [1.29, 1.82) is 0 Å². The summed E-state index contributed by atoms with van der Waals surface area (Å²) in [6.45, 7) is 2.04. The minimum absolute atomic E-state index is 0.525. The Bertz CT molecular complexity index is 670. The van der Waals surface area contributed by atoms with E-state index in [1.807, 2.05) is 43.5 Å². The molecule has 0 saturated carbocycles. The Morgan fingerprint density at radius 3 is 1.82 bits per heavy atom. The summed E-state index contributed by atoms with van der Waals surface area (Å²) < 4.78 is 0. The lowest BCUT2D eigenvalue weighted by atomic mass is 9.81. The molecule has 3 nitrogen and oxygen atoms in total. The number of rotatable bonds is 2. The van der Waals surface area contributed by atoms with Gasteiger partial charge < -0.3 is 10.0 Å². The number of hydrogen-bond donors (Lipinski definition) is 2. The van der Waals surface area contributed by atoms with Crippen LogP contribution < -0.4 is 5.46 Å². The average molecular weight is 291 g/mol. The highest BCUT2D eigenvalue weighted by molar-refractivity contribution is 6.58. The second kappa shape index (κ2) is 8.12. The van der Waals surface area contributed by atoms with Gasteiger partial charge in [-0.05, 0) is 24.0 Å². The molecule has 3 aromatic rings. The molecular weight excluding hydrogens is 273 g/mol. The van der Waals surface area contributed by atoms with Gasteiger partial charge in [0.25, 0.3) is 0 Å². The van der Waals surface area contributed by atoms with E-state index in [4.69, 9.17) is 10.0 Å². The smallest absolute Gasteiger partial charge is 0.423 e. The fourth-order valence-electron chi connectivity index (χ4n) is 1.87. The summed E-state index contributed by atoms with van der Waals surface area (Å²) in [5, 5.41) is 17.2. The maximum atomic E-state index is 8.58. The number of benzene rings is 2. The summed E-state index contributed by atoms with van der Waals surface area (Å²) in [7, 11) is -1.34. The van der Waals surface area contributed by atoms with Crippen molar-refractivity contribution in [3.8, 4) is 11.3 Å². The summed E-state index contributed by atoms with van der Waals surface area (Å²) >= 11 is 0. The molecular formula is C18H18BNO2. The number of nitrogens with zero attached hydrogens (tertiary/aromatic N) is 1. The Hall–Kier alpha value is -2.43. The second-order valence-corrected chi connectivity index (χ2v) is 4.87. The van der Waals surface area contributed by atoms with Gasteiger partial charge >= 0.3 is 7.12 Å². The molecule has 0 spiro atoms. The Morgan fingerprint density at radius 2 is 1.36 bits per heavy atom. The van der Waals surface area contributed by atoms with Gasteiger partial charge in [0.05, 0.1) is 5.69 Å². The zero-order chi connectivity index (χ0) is 15.8. The van der Waals surface area contributed by atoms with Crippen LogP contribution in [0.3, 0.4) is 0 Å². The quantitative estimate of drug-likeness (QED) is 0.713. The van der Waals surface area contributed by atoms with Crippen LogP contribution in [0, 0.1) is 6.92 Å². The predicted molar refractivity (Wildman–Crippen MR) is 90.7 cm³/mol. The number of hydrogen-bond acceptors (Lipinski definition) is 3. The topological polar surface area (TPSA) is 53.4 Å². The van der Waals surface area contributed by atoms with Crippen LogP contribution in [0.4, 0.5) is 0 Å². The van der Waals surface area contributed by atoms with Crippen LogP contribution in [0.1, 0.15) is 5.56 Å². The Kier molecular flexibility index (Phi) is 5.89. The van der Waals surface area contributed by atoms with Crippen molar-refractivity contribution < 1.29 is 10.0 Å². The van der Waals surface area contributed by atoms with E-state index in [1.54, 1.807) is 24.3 Å². The average Bonchev–Trinajstić information content (AvgIpc) is 2.58. The number of pyridine rings is 1. The standard InChI is InChI=1S/C12H11N.C6H7BO2/c1-10-7-8-12(13-9-10)11-5-3-2-4-6-11;8-7(9)6-4-2-1-3-5-6/h2-9H,1H3;1-5,8-9H. The largest absolute Gasteiger partial charge is 0.488 e. The van der Waals surface area contributed by atoms with E-state index in [1.165, 1.54) is 11.1 Å². The molecule has 3 rings (SSSR count). The SMILES string of the molecule is Cc1ccc(-c2ccccc2)nc1.OB(O)c1ccccc1. The molecule has 110 valence electrons. The van der Waals surface area contributed by atoms with Gasteiger partial charge in [0.15, 0.2) is 0 Å². The zero-order valence-corrected chi connectivity index (χ0v) is 12.4. The Labute approximate surface area is 131 Å². The van der Waals surface area contributed by atoms with Gasteiger partial charge in [-0.2, -0.15) is 0 Å². The van der Waals surface area contributed by atoms with Gasteiger partial charge in [0, 0.05) is 11.8 Å². The highest BCUT2D eigenvalue weighted by Crippen LogP contribution is 2.15. The van der Waals surface area contributed by atoms with Crippen molar-refractivity contribution in [3.05, 3.63) is 84.6 Å². The van der Waals surface area contributed by atoms with E-state index in [0.29, 0.717) is 5.46 Å².